The van der Waals surface area contributed by atoms with Crippen LogP contribution >= 0.6 is 0 Å². The Morgan fingerprint density at radius 1 is 1.67 bits per heavy atom. The van der Waals surface area contributed by atoms with E-state index in [1.807, 2.05) is 23.2 Å². The summed E-state index contributed by atoms with van der Waals surface area (Å²) in [6.07, 6.45) is 5.70. The highest BCUT2D eigenvalue weighted by molar-refractivity contribution is 7.79. The van der Waals surface area contributed by atoms with Crippen LogP contribution in [0.5, 0.6) is 0 Å². The summed E-state index contributed by atoms with van der Waals surface area (Å²) in [6, 6.07) is 4.19. The molecule has 1 saturated heterocycles. The third-order valence-electron chi connectivity index (χ3n) is 2.71. The zero-order chi connectivity index (χ0) is 10.7. The van der Waals surface area contributed by atoms with E-state index in [1.54, 1.807) is 6.20 Å². The van der Waals surface area contributed by atoms with Gasteiger partial charge in [-0.05, 0) is 31.0 Å². The maximum absolute atomic E-state index is 10.8. The maximum Gasteiger partial charge on any atom is 0.167 e. The molecule has 1 aromatic heterocycles. The van der Waals surface area contributed by atoms with Crippen LogP contribution in [0.25, 0.3) is 0 Å². The summed E-state index contributed by atoms with van der Waals surface area (Å²) in [6.45, 7) is 0.895. The number of hydrogen-bond donors (Lipinski definition) is 1. The third kappa shape index (κ3) is 2.62. The first-order chi connectivity index (χ1) is 7.27. The summed E-state index contributed by atoms with van der Waals surface area (Å²) in [5, 5.41) is 0. The van der Waals surface area contributed by atoms with Crippen molar-refractivity contribution in [1.29, 1.82) is 0 Å². The first kappa shape index (κ1) is 10.7. The number of hydrogen-bond acceptors (Lipinski definition) is 3. The third-order valence-corrected chi connectivity index (χ3v) is 3.26. The van der Waals surface area contributed by atoms with Gasteiger partial charge in [0.1, 0.15) is 5.88 Å². The predicted molar refractivity (Wildman–Crippen MR) is 58.6 cm³/mol. The fourth-order valence-electron chi connectivity index (χ4n) is 2.07. The standard InChI is InChI=1S/C10H14N2O2S/c13-15(14)8-12-6-2-4-10(12)9-3-1-5-11-7-9/h1,3,5,7,10H,2,4,6,8H2,(H,13,14). The zero-order valence-electron chi connectivity index (χ0n) is 8.37. The van der Waals surface area contributed by atoms with Crippen molar-refractivity contribution in [2.75, 3.05) is 12.4 Å². The van der Waals surface area contributed by atoms with Gasteiger partial charge in [0.2, 0.25) is 0 Å². The topological polar surface area (TPSA) is 53.4 Å². The Hall–Kier alpha value is -0.780. The van der Waals surface area contributed by atoms with Crippen LogP contribution in [0.3, 0.4) is 0 Å². The van der Waals surface area contributed by atoms with E-state index in [0.29, 0.717) is 0 Å². The highest BCUT2D eigenvalue weighted by Gasteiger charge is 2.26. The summed E-state index contributed by atoms with van der Waals surface area (Å²) in [5.41, 5.74) is 1.14. The van der Waals surface area contributed by atoms with Gasteiger partial charge >= 0.3 is 0 Å². The van der Waals surface area contributed by atoms with Gasteiger partial charge in [-0.1, -0.05) is 6.07 Å². The molecular formula is C10H14N2O2S. The van der Waals surface area contributed by atoms with E-state index in [1.165, 1.54) is 0 Å². The van der Waals surface area contributed by atoms with Gasteiger partial charge in [-0.25, -0.2) is 4.21 Å². The van der Waals surface area contributed by atoms with Crippen molar-refractivity contribution in [2.45, 2.75) is 18.9 Å². The molecular weight excluding hydrogens is 212 g/mol. The largest absolute Gasteiger partial charge is 0.305 e. The molecule has 4 nitrogen and oxygen atoms in total. The van der Waals surface area contributed by atoms with E-state index >= 15 is 0 Å². The second kappa shape index (κ2) is 4.83. The molecule has 0 bridgehead atoms. The lowest BCUT2D eigenvalue weighted by molar-refractivity contribution is 0.294. The Bertz CT molecular complexity index is 345. The number of likely N-dealkylation sites (tertiary alicyclic amines) is 1. The first-order valence-electron chi connectivity index (χ1n) is 4.99. The fourth-order valence-corrected chi connectivity index (χ4v) is 2.67. The van der Waals surface area contributed by atoms with Gasteiger partial charge in [0.05, 0.1) is 0 Å². The second-order valence-electron chi connectivity index (χ2n) is 3.71. The Balaban J connectivity index is 2.11. The van der Waals surface area contributed by atoms with Crippen LogP contribution in [0.1, 0.15) is 24.4 Å². The summed E-state index contributed by atoms with van der Waals surface area (Å²) in [7, 11) is 0. The van der Waals surface area contributed by atoms with Crippen LogP contribution in [0, 0.1) is 0 Å². The summed E-state index contributed by atoms with van der Waals surface area (Å²) in [5.74, 6) is 0.236. The van der Waals surface area contributed by atoms with Gasteiger partial charge in [-0.15, -0.1) is 0 Å². The van der Waals surface area contributed by atoms with Gasteiger partial charge in [0.15, 0.2) is 11.1 Å². The number of rotatable bonds is 3. The summed E-state index contributed by atoms with van der Waals surface area (Å²) < 4.78 is 19.7. The van der Waals surface area contributed by atoms with Crippen LogP contribution < -0.4 is 0 Å². The molecule has 15 heavy (non-hydrogen) atoms. The molecule has 0 aromatic carbocycles. The quantitative estimate of drug-likeness (QED) is 0.791. The van der Waals surface area contributed by atoms with Crippen LogP contribution in [0.2, 0.25) is 0 Å². The van der Waals surface area contributed by atoms with Gasteiger partial charge in [0, 0.05) is 18.4 Å². The molecule has 5 heteroatoms. The Labute approximate surface area is 91.6 Å². The Morgan fingerprint density at radius 3 is 3.20 bits per heavy atom. The van der Waals surface area contributed by atoms with Crippen molar-refractivity contribution in [3.63, 3.8) is 0 Å². The SMILES string of the molecule is O=S(O)CN1CCCC1c1cccnc1. The fraction of sp³-hybridized carbons (Fsp3) is 0.500. The molecule has 1 aliphatic heterocycles. The lowest BCUT2D eigenvalue weighted by atomic mass is 10.1. The van der Waals surface area contributed by atoms with Crippen LogP contribution in [0.15, 0.2) is 24.5 Å². The van der Waals surface area contributed by atoms with Gasteiger partial charge in [-0.2, -0.15) is 0 Å². The highest BCUT2D eigenvalue weighted by Crippen LogP contribution is 2.30. The zero-order valence-corrected chi connectivity index (χ0v) is 9.19. The van der Waals surface area contributed by atoms with E-state index in [4.69, 9.17) is 4.55 Å². The van der Waals surface area contributed by atoms with Gasteiger partial charge in [0.25, 0.3) is 0 Å². The van der Waals surface area contributed by atoms with Crippen LogP contribution in [0.4, 0.5) is 0 Å². The number of nitrogens with zero attached hydrogens (tertiary/aromatic N) is 2. The van der Waals surface area contributed by atoms with Crippen molar-refractivity contribution < 1.29 is 8.76 Å². The van der Waals surface area contributed by atoms with E-state index in [-0.39, 0.29) is 11.9 Å². The van der Waals surface area contributed by atoms with E-state index in [2.05, 4.69) is 4.98 Å². The van der Waals surface area contributed by atoms with Crippen molar-refractivity contribution in [2.24, 2.45) is 0 Å². The molecule has 0 amide bonds. The molecule has 0 radical (unpaired) electrons. The maximum atomic E-state index is 10.8. The molecule has 1 N–H and O–H groups in total. The molecule has 1 fully saturated rings. The monoisotopic (exact) mass is 226 g/mol. The normalized spacial score (nSPS) is 24.2. The van der Waals surface area contributed by atoms with Crippen molar-refractivity contribution in [1.82, 2.24) is 9.88 Å². The van der Waals surface area contributed by atoms with Crippen LogP contribution in [-0.4, -0.2) is 31.1 Å². The Kier molecular flexibility index (Phi) is 3.45. The Morgan fingerprint density at radius 2 is 2.53 bits per heavy atom. The minimum absolute atomic E-state index is 0.236. The van der Waals surface area contributed by atoms with E-state index in [0.717, 1.165) is 24.9 Å². The molecule has 2 atom stereocenters. The molecule has 0 saturated carbocycles. The smallest absolute Gasteiger partial charge is 0.167 e. The minimum atomic E-state index is -1.74. The summed E-state index contributed by atoms with van der Waals surface area (Å²) in [4.78, 5) is 6.13. The molecule has 0 spiro atoms. The van der Waals surface area contributed by atoms with E-state index in [9.17, 15) is 4.21 Å². The summed E-state index contributed by atoms with van der Waals surface area (Å²) >= 11 is -1.74. The molecule has 2 unspecified atom stereocenters. The number of aromatic nitrogens is 1. The van der Waals surface area contributed by atoms with E-state index < -0.39 is 11.1 Å². The molecule has 1 aromatic rings. The van der Waals surface area contributed by atoms with Gasteiger partial charge in [-0.3, -0.25) is 9.88 Å². The lowest BCUT2D eigenvalue weighted by Crippen LogP contribution is -2.26. The van der Waals surface area contributed by atoms with Crippen molar-refractivity contribution in [3.8, 4) is 0 Å². The molecule has 2 rings (SSSR count). The molecule has 82 valence electrons. The molecule has 2 heterocycles. The van der Waals surface area contributed by atoms with Crippen molar-refractivity contribution in [3.05, 3.63) is 30.1 Å². The van der Waals surface area contributed by atoms with Crippen LogP contribution in [-0.2, 0) is 11.1 Å². The second-order valence-corrected chi connectivity index (χ2v) is 4.61. The molecule has 1 aliphatic rings. The number of pyridine rings is 1. The molecule has 0 aliphatic carbocycles. The van der Waals surface area contributed by atoms with Gasteiger partial charge < -0.3 is 4.55 Å². The lowest BCUT2D eigenvalue weighted by Gasteiger charge is -2.22. The highest BCUT2D eigenvalue weighted by atomic mass is 32.2. The predicted octanol–water partition coefficient (Wildman–Crippen LogP) is 1.40. The average Bonchev–Trinajstić information content (AvgIpc) is 2.66. The average molecular weight is 226 g/mol. The minimum Gasteiger partial charge on any atom is -0.305 e. The first-order valence-corrected chi connectivity index (χ1v) is 6.26. The van der Waals surface area contributed by atoms with Crippen molar-refractivity contribution >= 4 is 11.1 Å².